The smallest absolute Gasteiger partial charge is 0.300 e. The lowest BCUT2D eigenvalue weighted by Crippen LogP contribution is -2.29. The van der Waals surface area contributed by atoms with Crippen molar-refractivity contribution in [3.05, 3.63) is 63.5 Å². The van der Waals surface area contributed by atoms with Gasteiger partial charge in [-0.15, -0.1) is 0 Å². The van der Waals surface area contributed by atoms with Gasteiger partial charge in [0.25, 0.3) is 5.56 Å². The van der Waals surface area contributed by atoms with Gasteiger partial charge in [0.1, 0.15) is 5.82 Å². The molecular formula is C13H12N6O2. The van der Waals surface area contributed by atoms with E-state index in [2.05, 4.69) is 25.1 Å². The van der Waals surface area contributed by atoms with Crippen LogP contribution in [-0.2, 0) is 13.0 Å². The number of nitrogens with zero attached hydrogens (tertiary/aromatic N) is 4. The van der Waals surface area contributed by atoms with E-state index < -0.39 is 11.2 Å². The van der Waals surface area contributed by atoms with Gasteiger partial charge in [-0.1, -0.05) is 0 Å². The van der Waals surface area contributed by atoms with Crippen LogP contribution in [0, 0.1) is 0 Å². The van der Waals surface area contributed by atoms with Gasteiger partial charge < -0.3 is 4.57 Å². The third kappa shape index (κ3) is 2.94. The zero-order valence-electron chi connectivity index (χ0n) is 11.0. The number of hydrogen-bond donors (Lipinski definition) is 2. The Balaban J connectivity index is 1.73. The summed E-state index contributed by atoms with van der Waals surface area (Å²) in [7, 11) is 0. The highest BCUT2D eigenvalue weighted by atomic mass is 16.2. The Hall–Kier alpha value is -3.03. The molecule has 0 bridgehead atoms. The van der Waals surface area contributed by atoms with E-state index in [1.54, 1.807) is 12.4 Å². The van der Waals surface area contributed by atoms with E-state index in [0.29, 0.717) is 24.6 Å². The van der Waals surface area contributed by atoms with E-state index in [1.165, 1.54) is 16.8 Å². The van der Waals surface area contributed by atoms with Gasteiger partial charge in [-0.3, -0.25) is 19.9 Å². The van der Waals surface area contributed by atoms with E-state index in [9.17, 15) is 9.59 Å². The highest BCUT2D eigenvalue weighted by molar-refractivity contribution is 5.52. The lowest BCUT2D eigenvalue weighted by Gasteiger charge is -2.01. The summed E-state index contributed by atoms with van der Waals surface area (Å²) in [5.41, 5.74) is -0.0227. The predicted octanol–water partition coefficient (Wildman–Crippen LogP) is -0.0406. The SMILES string of the molecule is O=c1ccn(CCc2nc(-c3cccnc3)n[nH]2)c(=O)[nH]1. The summed E-state index contributed by atoms with van der Waals surface area (Å²) >= 11 is 0. The fourth-order valence-corrected chi connectivity index (χ4v) is 1.88. The molecule has 0 saturated heterocycles. The molecule has 0 amide bonds. The van der Waals surface area contributed by atoms with Crippen molar-refractivity contribution in [3.63, 3.8) is 0 Å². The average Bonchev–Trinajstić information content (AvgIpc) is 2.96. The van der Waals surface area contributed by atoms with Crippen LogP contribution in [0.2, 0.25) is 0 Å². The fourth-order valence-electron chi connectivity index (χ4n) is 1.88. The molecule has 0 atom stereocenters. The number of H-pyrrole nitrogens is 2. The number of nitrogens with one attached hydrogen (secondary N) is 2. The van der Waals surface area contributed by atoms with Crippen LogP contribution in [0.4, 0.5) is 0 Å². The molecule has 0 aliphatic carbocycles. The Morgan fingerprint density at radius 3 is 2.90 bits per heavy atom. The van der Waals surface area contributed by atoms with Crippen molar-refractivity contribution in [2.24, 2.45) is 0 Å². The molecule has 3 rings (SSSR count). The molecule has 8 nitrogen and oxygen atoms in total. The molecule has 0 aliphatic rings. The number of rotatable bonds is 4. The lowest BCUT2D eigenvalue weighted by molar-refractivity contribution is 0.629. The molecule has 0 fully saturated rings. The van der Waals surface area contributed by atoms with E-state index >= 15 is 0 Å². The molecule has 0 aliphatic heterocycles. The van der Waals surface area contributed by atoms with Crippen LogP contribution in [0.1, 0.15) is 5.82 Å². The van der Waals surface area contributed by atoms with Crippen LogP contribution >= 0.6 is 0 Å². The van der Waals surface area contributed by atoms with Crippen LogP contribution in [0.5, 0.6) is 0 Å². The molecular weight excluding hydrogens is 272 g/mol. The number of hydrogen-bond acceptors (Lipinski definition) is 5. The molecule has 106 valence electrons. The summed E-state index contributed by atoms with van der Waals surface area (Å²) < 4.78 is 1.41. The Bertz CT molecular complexity index is 849. The van der Waals surface area contributed by atoms with Crippen LogP contribution < -0.4 is 11.2 Å². The summed E-state index contributed by atoms with van der Waals surface area (Å²) in [5.74, 6) is 1.22. The summed E-state index contributed by atoms with van der Waals surface area (Å²) in [6, 6.07) is 4.99. The van der Waals surface area contributed by atoms with Crippen LogP contribution in [-0.4, -0.2) is 29.7 Å². The minimum absolute atomic E-state index is 0.400. The normalized spacial score (nSPS) is 10.7. The Kier molecular flexibility index (Phi) is 3.42. The zero-order chi connectivity index (χ0) is 14.7. The van der Waals surface area contributed by atoms with Gasteiger partial charge in [-0.05, 0) is 12.1 Å². The second-order valence-corrected chi connectivity index (χ2v) is 4.40. The van der Waals surface area contributed by atoms with Gasteiger partial charge in [0.2, 0.25) is 0 Å². The molecule has 3 aromatic heterocycles. The third-order valence-electron chi connectivity index (χ3n) is 2.94. The molecule has 21 heavy (non-hydrogen) atoms. The minimum Gasteiger partial charge on any atom is -0.300 e. The van der Waals surface area contributed by atoms with E-state index in [4.69, 9.17) is 0 Å². The number of pyridine rings is 1. The molecule has 0 unspecified atom stereocenters. The van der Waals surface area contributed by atoms with Crippen molar-refractivity contribution in [2.45, 2.75) is 13.0 Å². The summed E-state index contributed by atoms with van der Waals surface area (Å²) in [6.45, 7) is 0.400. The van der Waals surface area contributed by atoms with Crippen molar-refractivity contribution in [1.29, 1.82) is 0 Å². The molecule has 2 N–H and O–H groups in total. The highest BCUT2D eigenvalue weighted by Crippen LogP contribution is 2.12. The molecule has 0 aromatic carbocycles. The summed E-state index contributed by atoms with van der Waals surface area (Å²) in [5, 5.41) is 6.94. The Labute approximate surface area is 118 Å². The maximum atomic E-state index is 11.5. The van der Waals surface area contributed by atoms with Crippen molar-refractivity contribution in [3.8, 4) is 11.4 Å². The van der Waals surface area contributed by atoms with Crippen molar-refractivity contribution in [1.82, 2.24) is 29.7 Å². The number of aryl methyl sites for hydroxylation is 2. The summed E-state index contributed by atoms with van der Waals surface area (Å²) in [6.07, 6.45) is 5.32. The topological polar surface area (TPSA) is 109 Å². The van der Waals surface area contributed by atoms with Crippen molar-refractivity contribution in [2.75, 3.05) is 0 Å². The number of aromatic amines is 2. The predicted molar refractivity (Wildman–Crippen MR) is 74.6 cm³/mol. The van der Waals surface area contributed by atoms with Crippen LogP contribution in [0.3, 0.4) is 0 Å². The number of aromatic nitrogens is 6. The summed E-state index contributed by atoms with van der Waals surface area (Å²) in [4.78, 5) is 33.1. The monoisotopic (exact) mass is 284 g/mol. The minimum atomic E-state index is -0.436. The van der Waals surface area contributed by atoms with Gasteiger partial charge >= 0.3 is 5.69 Å². The van der Waals surface area contributed by atoms with Gasteiger partial charge in [-0.2, -0.15) is 5.10 Å². The molecule has 0 radical (unpaired) electrons. The van der Waals surface area contributed by atoms with Crippen molar-refractivity contribution < 1.29 is 0 Å². The standard InChI is InChI=1S/C13H12N6O2/c20-11-4-7-19(13(21)16-11)6-3-10-15-12(18-17-10)9-2-1-5-14-8-9/h1-2,4-5,7-8H,3,6H2,(H,15,17,18)(H,16,20,21). The third-order valence-corrected chi connectivity index (χ3v) is 2.94. The second kappa shape index (κ2) is 5.53. The molecule has 3 aromatic rings. The lowest BCUT2D eigenvalue weighted by atomic mass is 10.3. The molecule has 0 spiro atoms. The first-order valence-electron chi connectivity index (χ1n) is 6.34. The molecule has 8 heteroatoms. The van der Waals surface area contributed by atoms with E-state index in [0.717, 1.165) is 5.56 Å². The zero-order valence-corrected chi connectivity index (χ0v) is 11.0. The second-order valence-electron chi connectivity index (χ2n) is 4.40. The largest absolute Gasteiger partial charge is 0.328 e. The average molecular weight is 284 g/mol. The maximum Gasteiger partial charge on any atom is 0.328 e. The van der Waals surface area contributed by atoms with Gasteiger partial charge in [0.05, 0.1) is 0 Å². The molecule has 3 heterocycles. The van der Waals surface area contributed by atoms with Gasteiger partial charge in [0, 0.05) is 43.2 Å². The fraction of sp³-hybridized carbons (Fsp3) is 0.154. The van der Waals surface area contributed by atoms with Crippen LogP contribution in [0.25, 0.3) is 11.4 Å². The van der Waals surface area contributed by atoms with Crippen LogP contribution in [0.15, 0.2) is 46.4 Å². The first-order valence-corrected chi connectivity index (χ1v) is 6.34. The highest BCUT2D eigenvalue weighted by Gasteiger charge is 2.06. The van der Waals surface area contributed by atoms with Gasteiger partial charge in [0.15, 0.2) is 5.82 Å². The first-order chi connectivity index (χ1) is 10.2. The van der Waals surface area contributed by atoms with E-state index in [1.807, 2.05) is 12.1 Å². The quantitative estimate of drug-likeness (QED) is 0.698. The van der Waals surface area contributed by atoms with Gasteiger partial charge in [-0.25, -0.2) is 9.78 Å². The van der Waals surface area contributed by atoms with E-state index in [-0.39, 0.29) is 0 Å². The van der Waals surface area contributed by atoms with Crippen molar-refractivity contribution >= 4 is 0 Å². The Morgan fingerprint density at radius 2 is 2.14 bits per heavy atom. The first kappa shape index (κ1) is 13.0. The maximum absolute atomic E-state index is 11.5. The molecule has 0 saturated carbocycles. The Morgan fingerprint density at radius 1 is 1.24 bits per heavy atom.